The molecule has 0 spiro atoms. The van der Waals surface area contributed by atoms with Crippen LogP contribution in [-0.2, 0) is 6.54 Å². The van der Waals surface area contributed by atoms with Gasteiger partial charge in [-0.3, -0.25) is 10.3 Å². The average molecular weight is 254 g/mol. The number of guanidine groups is 1. The number of H-pyrrole nitrogens is 1. The summed E-state index contributed by atoms with van der Waals surface area (Å²) in [5.74, 6) is 0.453. The van der Waals surface area contributed by atoms with E-state index in [1.807, 2.05) is 24.4 Å². The molecule has 0 amide bonds. The number of benzene rings is 1. The van der Waals surface area contributed by atoms with E-state index in [4.69, 9.17) is 5.26 Å². The second kappa shape index (κ2) is 6.21. The van der Waals surface area contributed by atoms with Crippen molar-refractivity contribution in [1.82, 2.24) is 20.6 Å². The lowest BCUT2D eigenvalue weighted by Gasteiger charge is -2.08. The standard InChI is InChI=1S/C13H14N6/c1-15-13(18-8-14)17-6-10-3-2-4-11(5-10)12-7-16-9-19-12/h2-5,7,9H,6H2,1H3,(H,16,19)(H2,15,17,18). The zero-order valence-corrected chi connectivity index (χ0v) is 10.5. The minimum absolute atomic E-state index is 0.453. The molecule has 1 aromatic heterocycles. The number of nitrogens with one attached hydrogen (secondary N) is 3. The van der Waals surface area contributed by atoms with Crippen molar-refractivity contribution in [2.24, 2.45) is 4.99 Å². The molecule has 0 aliphatic heterocycles. The minimum atomic E-state index is 0.453. The predicted molar refractivity (Wildman–Crippen MR) is 73.0 cm³/mol. The number of rotatable bonds is 3. The van der Waals surface area contributed by atoms with E-state index in [9.17, 15) is 0 Å². The molecule has 6 nitrogen and oxygen atoms in total. The Morgan fingerprint density at radius 2 is 2.42 bits per heavy atom. The lowest BCUT2D eigenvalue weighted by molar-refractivity contribution is 0.880. The molecule has 0 aliphatic rings. The predicted octanol–water partition coefficient (Wildman–Crippen LogP) is 1.22. The first-order valence-electron chi connectivity index (χ1n) is 5.77. The van der Waals surface area contributed by atoms with Crippen LogP contribution in [0.25, 0.3) is 11.3 Å². The molecule has 2 rings (SSSR count). The van der Waals surface area contributed by atoms with Crippen molar-refractivity contribution in [2.75, 3.05) is 7.05 Å². The molecular formula is C13H14N6. The van der Waals surface area contributed by atoms with Gasteiger partial charge in [-0.2, -0.15) is 5.26 Å². The van der Waals surface area contributed by atoms with Crippen molar-refractivity contribution in [1.29, 1.82) is 5.26 Å². The molecule has 0 bridgehead atoms. The smallest absolute Gasteiger partial charge is 0.204 e. The first-order chi connectivity index (χ1) is 9.33. The van der Waals surface area contributed by atoms with E-state index in [2.05, 4.69) is 31.7 Å². The summed E-state index contributed by atoms with van der Waals surface area (Å²) in [5, 5.41) is 14.1. The maximum Gasteiger partial charge on any atom is 0.204 e. The molecule has 0 aliphatic carbocycles. The summed E-state index contributed by atoms with van der Waals surface area (Å²) < 4.78 is 0. The Bertz CT molecular complexity index is 594. The van der Waals surface area contributed by atoms with Crippen molar-refractivity contribution >= 4 is 5.96 Å². The van der Waals surface area contributed by atoms with Gasteiger partial charge >= 0.3 is 0 Å². The number of hydrogen-bond acceptors (Lipinski definition) is 3. The number of aromatic nitrogens is 2. The van der Waals surface area contributed by atoms with Crippen molar-refractivity contribution in [2.45, 2.75) is 6.54 Å². The van der Waals surface area contributed by atoms with Crippen LogP contribution >= 0.6 is 0 Å². The third kappa shape index (κ3) is 3.33. The summed E-state index contributed by atoms with van der Waals surface area (Å²) in [6.45, 7) is 0.587. The first-order valence-corrected chi connectivity index (χ1v) is 5.77. The molecule has 1 heterocycles. The SMILES string of the molecule is CN=C(NC#N)NCc1cccc(-c2cnc[nH]2)c1. The Hall–Kier alpha value is -2.81. The van der Waals surface area contributed by atoms with Gasteiger partial charge in [0.15, 0.2) is 6.19 Å². The van der Waals surface area contributed by atoms with Crippen LogP contribution in [0.5, 0.6) is 0 Å². The van der Waals surface area contributed by atoms with Gasteiger partial charge in [-0.15, -0.1) is 0 Å². The molecule has 3 N–H and O–H groups in total. The monoisotopic (exact) mass is 254 g/mol. The summed E-state index contributed by atoms with van der Waals surface area (Å²) >= 11 is 0. The van der Waals surface area contributed by atoms with Crippen LogP contribution in [0.2, 0.25) is 0 Å². The molecule has 0 saturated carbocycles. The minimum Gasteiger partial charge on any atom is -0.352 e. The molecule has 0 fully saturated rings. The van der Waals surface area contributed by atoms with Crippen LogP contribution in [-0.4, -0.2) is 23.0 Å². The van der Waals surface area contributed by atoms with Crippen LogP contribution in [0.3, 0.4) is 0 Å². The van der Waals surface area contributed by atoms with Crippen LogP contribution in [0, 0.1) is 11.5 Å². The summed E-state index contributed by atoms with van der Waals surface area (Å²) in [7, 11) is 1.62. The van der Waals surface area contributed by atoms with Gasteiger partial charge in [0, 0.05) is 13.6 Å². The van der Waals surface area contributed by atoms with Crippen molar-refractivity contribution in [3.8, 4) is 17.5 Å². The van der Waals surface area contributed by atoms with Gasteiger partial charge in [0.1, 0.15) is 0 Å². The van der Waals surface area contributed by atoms with Gasteiger partial charge in [0.2, 0.25) is 5.96 Å². The number of aromatic amines is 1. The van der Waals surface area contributed by atoms with Gasteiger partial charge in [0.05, 0.1) is 18.2 Å². The third-order valence-corrected chi connectivity index (χ3v) is 2.59. The van der Waals surface area contributed by atoms with E-state index in [-0.39, 0.29) is 0 Å². The van der Waals surface area contributed by atoms with Gasteiger partial charge in [-0.1, -0.05) is 18.2 Å². The summed E-state index contributed by atoms with van der Waals surface area (Å²) in [6.07, 6.45) is 5.26. The van der Waals surface area contributed by atoms with Gasteiger partial charge in [0.25, 0.3) is 0 Å². The fraction of sp³-hybridized carbons (Fsp3) is 0.154. The van der Waals surface area contributed by atoms with Crippen LogP contribution in [0.15, 0.2) is 41.8 Å². The second-order valence-electron chi connectivity index (χ2n) is 3.83. The summed E-state index contributed by atoms with van der Waals surface area (Å²) in [4.78, 5) is 11.0. The lowest BCUT2D eigenvalue weighted by atomic mass is 10.1. The highest BCUT2D eigenvalue weighted by atomic mass is 15.2. The Balaban J connectivity index is 2.06. The quantitative estimate of drug-likeness (QED) is 0.332. The van der Waals surface area contributed by atoms with E-state index >= 15 is 0 Å². The van der Waals surface area contributed by atoms with Crippen LogP contribution in [0.4, 0.5) is 0 Å². The molecule has 0 atom stereocenters. The highest BCUT2D eigenvalue weighted by Gasteiger charge is 2.01. The number of imidazole rings is 1. The van der Waals surface area contributed by atoms with Gasteiger partial charge < -0.3 is 10.3 Å². The highest BCUT2D eigenvalue weighted by molar-refractivity contribution is 5.81. The Labute approximate surface area is 111 Å². The number of aliphatic imine (C=N–C) groups is 1. The average Bonchev–Trinajstić information content (AvgIpc) is 2.98. The fourth-order valence-electron chi connectivity index (χ4n) is 1.68. The maximum absolute atomic E-state index is 8.54. The van der Waals surface area contributed by atoms with E-state index in [1.54, 1.807) is 19.6 Å². The highest BCUT2D eigenvalue weighted by Crippen LogP contribution is 2.17. The normalized spacial score (nSPS) is 10.8. The molecule has 96 valence electrons. The number of nitriles is 1. The Morgan fingerprint density at radius 3 is 3.11 bits per heavy atom. The third-order valence-electron chi connectivity index (χ3n) is 2.59. The van der Waals surface area contributed by atoms with E-state index < -0.39 is 0 Å². The molecule has 6 heteroatoms. The molecule has 2 aromatic rings. The molecule has 19 heavy (non-hydrogen) atoms. The topological polar surface area (TPSA) is 88.9 Å². The zero-order chi connectivity index (χ0) is 13.5. The Kier molecular flexibility index (Phi) is 4.13. The van der Waals surface area contributed by atoms with Crippen LogP contribution in [0.1, 0.15) is 5.56 Å². The first kappa shape index (κ1) is 12.6. The summed E-state index contributed by atoms with van der Waals surface area (Å²) in [5.41, 5.74) is 3.13. The molecule has 0 radical (unpaired) electrons. The molecule has 1 aromatic carbocycles. The van der Waals surface area contributed by atoms with Crippen molar-refractivity contribution in [3.63, 3.8) is 0 Å². The van der Waals surface area contributed by atoms with Crippen molar-refractivity contribution in [3.05, 3.63) is 42.4 Å². The largest absolute Gasteiger partial charge is 0.352 e. The molecule has 0 saturated heterocycles. The van der Waals surface area contributed by atoms with E-state index in [0.717, 1.165) is 16.8 Å². The number of hydrogen-bond donors (Lipinski definition) is 3. The zero-order valence-electron chi connectivity index (χ0n) is 10.5. The maximum atomic E-state index is 8.54. The van der Waals surface area contributed by atoms with Gasteiger partial charge in [-0.05, 0) is 17.2 Å². The lowest BCUT2D eigenvalue weighted by Crippen LogP contribution is -2.33. The van der Waals surface area contributed by atoms with E-state index in [1.165, 1.54) is 0 Å². The van der Waals surface area contributed by atoms with E-state index in [0.29, 0.717) is 12.5 Å². The van der Waals surface area contributed by atoms with Crippen molar-refractivity contribution < 1.29 is 0 Å². The Morgan fingerprint density at radius 1 is 1.53 bits per heavy atom. The van der Waals surface area contributed by atoms with Crippen LogP contribution < -0.4 is 10.6 Å². The second-order valence-corrected chi connectivity index (χ2v) is 3.83. The number of nitrogens with zero attached hydrogens (tertiary/aromatic N) is 3. The fourth-order valence-corrected chi connectivity index (χ4v) is 1.68. The van der Waals surface area contributed by atoms with Gasteiger partial charge in [-0.25, -0.2) is 4.98 Å². The summed E-state index contributed by atoms with van der Waals surface area (Å²) in [6, 6.07) is 8.06. The molecular weight excluding hydrogens is 240 g/mol. The molecule has 0 unspecified atom stereocenters.